The fraction of sp³-hybridized carbons (Fsp3) is 0.364. The Kier molecular flexibility index (Phi) is 7.66. The molecule has 34 heavy (non-hydrogen) atoms. The van der Waals surface area contributed by atoms with E-state index in [-0.39, 0.29) is 28.5 Å². The van der Waals surface area contributed by atoms with E-state index in [0.29, 0.717) is 41.0 Å². The maximum absolute atomic E-state index is 13.9. The molecule has 3 aromatic rings. The average molecular weight is 529 g/mol. The second kappa shape index (κ2) is 10.5. The summed E-state index contributed by atoms with van der Waals surface area (Å²) >= 11 is 7.05. The molecule has 12 heteroatoms. The van der Waals surface area contributed by atoms with Gasteiger partial charge in [-0.15, -0.1) is 0 Å². The Bertz CT molecular complexity index is 1280. The van der Waals surface area contributed by atoms with E-state index in [1.807, 2.05) is 4.90 Å². The summed E-state index contributed by atoms with van der Waals surface area (Å²) in [5, 5.41) is 3.88. The van der Waals surface area contributed by atoms with Crippen LogP contribution in [0.2, 0.25) is 5.02 Å². The summed E-state index contributed by atoms with van der Waals surface area (Å²) in [6, 6.07) is 7.99. The maximum atomic E-state index is 13.9. The first-order valence-electron chi connectivity index (χ1n) is 10.7. The van der Waals surface area contributed by atoms with Crippen molar-refractivity contribution in [2.75, 3.05) is 49.9 Å². The monoisotopic (exact) mass is 528 g/mol. The van der Waals surface area contributed by atoms with Gasteiger partial charge >= 0.3 is 0 Å². The minimum Gasteiger partial charge on any atom is -0.355 e. The number of carbonyl (C=O) groups is 1. The minimum absolute atomic E-state index is 0.118. The molecule has 0 aliphatic carbocycles. The van der Waals surface area contributed by atoms with Crippen molar-refractivity contribution in [1.82, 2.24) is 15.2 Å². The van der Waals surface area contributed by atoms with E-state index in [2.05, 4.69) is 15.2 Å². The summed E-state index contributed by atoms with van der Waals surface area (Å²) in [6.07, 6.45) is -0.118. The van der Waals surface area contributed by atoms with Crippen LogP contribution in [-0.2, 0) is 14.6 Å². The number of thiazole rings is 1. The number of benzene rings is 2. The lowest BCUT2D eigenvalue weighted by atomic mass is 10.3. The number of halogens is 3. The van der Waals surface area contributed by atoms with Crippen LogP contribution >= 0.6 is 22.9 Å². The summed E-state index contributed by atoms with van der Waals surface area (Å²) in [5.41, 5.74) is 0.185. The number of anilines is 1. The number of fused-ring (bicyclic) bond motifs is 1. The quantitative estimate of drug-likeness (QED) is 0.483. The summed E-state index contributed by atoms with van der Waals surface area (Å²) in [7, 11) is -3.55. The fourth-order valence-electron chi connectivity index (χ4n) is 3.67. The minimum atomic E-state index is -3.55. The van der Waals surface area contributed by atoms with Gasteiger partial charge in [0.15, 0.2) is 20.8 Å². The number of sulfone groups is 1. The molecule has 7 nitrogen and oxygen atoms in total. The molecule has 1 aromatic heterocycles. The first kappa shape index (κ1) is 24.8. The van der Waals surface area contributed by atoms with Crippen molar-refractivity contribution >= 4 is 54.0 Å². The van der Waals surface area contributed by atoms with Gasteiger partial charge in [0.25, 0.3) is 0 Å². The Hall–Kier alpha value is -2.34. The molecule has 1 N–H and O–H groups in total. The molecule has 0 bridgehead atoms. The maximum Gasteiger partial charge on any atom is 0.221 e. The Morgan fingerprint density at radius 2 is 1.82 bits per heavy atom. The zero-order chi connectivity index (χ0) is 24.3. The molecule has 182 valence electrons. The van der Waals surface area contributed by atoms with Crippen LogP contribution in [-0.4, -0.2) is 69.2 Å². The van der Waals surface area contributed by atoms with Crippen LogP contribution in [0, 0.1) is 11.6 Å². The number of rotatable bonds is 8. The predicted octanol–water partition coefficient (Wildman–Crippen LogP) is 3.33. The number of hydrogen-bond acceptors (Lipinski definition) is 7. The predicted molar refractivity (Wildman–Crippen MR) is 129 cm³/mol. The zero-order valence-corrected chi connectivity index (χ0v) is 20.5. The van der Waals surface area contributed by atoms with Crippen molar-refractivity contribution < 1.29 is 22.0 Å². The number of carbonyl (C=O) groups excluding carboxylic acids is 1. The molecule has 1 saturated heterocycles. The lowest BCUT2D eigenvalue weighted by Crippen LogP contribution is -2.48. The van der Waals surface area contributed by atoms with Crippen LogP contribution < -0.4 is 10.2 Å². The third-order valence-corrected chi connectivity index (χ3v) is 8.61. The Balaban J connectivity index is 1.19. The lowest BCUT2D eigenvalue weighted by molar-refractivity contribution is -0.120. The van der Waals surface area contributed by atoms with Crippen molar-refractivity contribution in [2.45, 2.75) is 11.3 Å². The molecule has 1 amide bonds. The third-order valence-electron chi connectivity index (χ3n) is 5.57. The van der Waals surface area contributed by atoms with Crippen molar-refractivity contribution in [1.29, 1.82) is 0 Å². The van der Waals surface area contributed by atoms with E-state index >= 15 is 0 Å². The van der Waals surface area contributed by atoms with Crippen molar-refractivity contribution in [2.24, 2.45) is 0 Å². The van der Waals surface area contributed by atoms with Crippen LogP contribution in [0.3, 0.4) is 0 Å². The van der Waals surface area contributed by atoms with E-state index in [1.165, 1.54) is 41.7 Å². The van der Waals surface area contributed by atoms with Crippen molar-refractivity contribution in [3.8, 4) is 0 Å². The molecule has 1 aliphatic rings. The SMILES string of the molecule is O=C(CCS(=O)(=O)c1ccc(Cl)cc1)NCCN1CCN(c2nc3c(F)cc(F)cc3s2)CC1. The highest BCUT2D eigenvalue weighted by atomic mass is 35.5. The van der Waals surface area contributed by atoms with Gasteiger partial charge in [0.1, 0.15) is 11.3 Å². The number of nitrogens with one attached hydrogen (secondary N) is 1. The van der Waals surface area contributed by atoms with Gasteiger partial charge in [0.2, 0.25) is 5.91 Å². The van der Waals surface area contributed by atoms with Gasteiger partial charge in [-0.3, -0.25) is 9.69 Å². The molecule has 4 rings (SSSR count). The van der Waals surface area contributed by atoms with E-state index in [0.717, 1.165) is 19.2 Å². The second-order valence-corrected chi connectivity index (χ2v) is 11.5. The molecule has 0 radical (unpaired) electrons. The van der Waals surface area contributed by atoms with Crippen molar-refractivity contribution in [3.05, 3.63) is 53.1 Å². The molecule has 1 fully saturated rings. The van der Waals surface area contributed by atoms with Crippen LogP contribution in [0.1, 0.15) is 6.42 Å². The summed E-state index contributed by atoms with van der Waals surface area (Å²) in [4.78, 5) is 20.8. The normalized spacial score (nSPS) is 15.1. The summed E-state index contributed by atoms with van der Waals surface area (Å²) < 4.78 is 52.5. The molecule has 0 unspecified atom stereocenters. The smallest absolute Gasteiger partial charge is 0.221 e. The third kappa shape index (κ3) is 6.01. The first-order valence-corrected chi connectivity index (χ1v) is 13.5. The Morgan fingerprint density at radius 3 is 2.53 bits per heavy atom. The van der Waals surface area contributed by atoms with Crippen LogP contribution in [0.4, 0.5) is 13.9 Å². The van der Waals surface area contributed by atoms with Gasteiger partial charge in [-0.1, -0.05) is 22.9 Å². The van der Waals surface area contributed by atoms with Crippen molar-refractivity contribution in [3.63, 3.8) is 0 Å². The van der Waals surface area contributed by atoms with Gasteiger partial charge in [-0.2, -0.15) is 0 Å². The molecular weight excluding hydrogens is 506 g/mol. The van der Waals surface area contributed by atoms with E-state index in [9.17, 15) is 22.0 Å². The van der Waals surface area contributed by atoms with Gasteiger partial charge in [0, 0.05) is 56.8 Å². The Morgan fingerprint density at radius 1 is 1.12 bits per heavy atom. The van der Waals surface area contributed by atoms with Crippen LogP contribution in [0.5, 0.6) is 0 Å². The van der Waals surface area contributed by atoms with Gasteiger partial charge in [-0.25, -0.2) is 22.2 Å². The average Bonchev–Trinajstić information content (AvgIpc) is 3.23. The molecule has 1 aliphatic heterocycles. The molecular formula is C22H23ClF2N4O3S2. The van der Waals surface area contributed by atoms with E-state index < -0.39 is 21.5 Å². The molecule has 0 atom stereocenters. The number of nitrogens with zero attached hydrogens (tertiary/aromatic N) is 3. The van der Waals surface area contributed by atoms with E-state index in [4.69, 9.17) is 11.6 Å². The largest absolute Gasteiger partial charge is 0.355 e. The number of aromatic nitrogens is 1. The fourth-order valence-corrected chi connectivity index (χ4v) is 6.10. The van der Waals surface area contributed by atoms with Crippen LogP contribution in [0.15, 0.2) is 41.3 Å². The van der Waals surface area contributed by atoms with Gasteiger partial charge in [0.05, 0.1) is 15.3 Å². The lowest BCUT2D eigenvalue weighted by Gasteiger charge is -2.34. The molecule has 0 spiro atoms. The Labute approximate surface area is 205 Å². The highest BCUT2D eigenvalue weighted by Crippen LogP contribution is 2.31. The highest BCUT2D eigenvalue weighted by molar-refractivity contribution is 7.91. The molecule has 2 heterocycles. The highest BCUT2D eigenvalue weighted by Gasteiger charge is 2.21. The molecule has 2 aromatic carbocycles. The number of amides is 1. The van der Waals surface area contributed by atoms with Gasteiger partial charge in [-0.05, 0) is 30.3 Å². The first-order chi connectivity index (χ1) is 16.2. The number of piperazine rings is 1. The van der Waals surface area contributed by atoms with Crippen LogP contribution in [0.25, 0.3) is 10.2 Å². The summed E-state index contributed by atoms with van der Waals surface area (Å²) in [6.45, 7) is 3.85. The number of hydrogen-bond donors (Lipinski definition) is 1. The standard InChI is InChI=1S/C22H23ClF2N4O3S2/c23-15-1-3-17(4-2-15)34(31,32)12-5-20(30)26-6-7-28-8-10-29(11-9-28)22-27-21-18(25)13-16(24)14-19(21)33-22/h1-4,13-14H,5-12H2,(H,26,30). The summed E-state index contributed by atoms with van der Waals surface area (Å²) in [5.74, 6) is -1.87. The van der Waals surface area contributed by atoms with Gasteiger partial charge < -0.3 is 10.2 Å². The second-order valence-electron chi connectivity index (χ2n) is 7.93. The zero-order valence-electron chi connectivity index (χ0n) is 18.1. The van der Waals surface area contributed by atoms with E-state index in [1.54, 1.807) is 0 Å². The topological polar surface area (TPSA) is 82.6 Å². The molecule has 0 saturated carbocycles.